The minimum atomic E-state index is -0.681. The van der Waals surface area contributed by atoms with Gasteiger partial charge in [-0.15, -0.1) is 0 Å². The van der Waals surface area contributed by atoms with Crippen LogP contribution in [0.5, 0.6) is 11.5 Å². The molecule has 0 fully saturated rings. The van der Waals surface area contributed by atoms with Crippen molar-refractivity contribution in [3.05, 3.63) is 119 Å². The number of hydrogen-bond donors (Lipinski definition) is 2. The number of rotatable bonds is 5. The molecule has 0 unspecified atom stereocenters. The van der Waals surface area contributed by atoms with E-state index in [-0.39, 0.29) is 17.2 Å². The summed E-state index contributed by atoms with van der Waals surface area (Å²) in [5.41, 5.74) is 2.82. The number of para-hydroxylation sites is 1. The van der Waals surface area contributed by atoms with Gasteiger partial charge in [0.25, 0.3) is 11.5 Å². The number of halogens is 1. The molecule has 2 heterocycles. The highest BCUT2D eigenvalue weighted by Crippen LogP contribution is 2.32. The van der Waals surface area contributed by atoms with Gasteiger partial charge in [-0.1, -0.05) is 47.7 Å². The van der Waals surface area contributed by atoms with Crippen molar-refractivity contribution < 1.29 is 14.6 Å². The molecule has 0 bridgehead atoms. The zero-order valence-corrected chi connectivity index (χ0v) is 22.3. The van der Waals surface area contributed by atoms with E-state index >= 15 is 0 Å². The normalized spacial score (nSPS) is 15.2. The molecule has 1 atom stereocenters. The number of carbonyl (C=O) groups is 1. The van der Waals surface area contributed by atoms with Crippen LogP contribution >= 0.6 is 27.3 Å². The zero-order valence-electron chi connectivity index (χ0n) is 19.9. The molecule has 1 aliphatic heterocycles. The van der Waals surface area contributed by atoms with Crippen molar-refractivity contribution >= 4 is 44.9 Å². The van der Waals surface area contributed by atoms with E-state index in [1.807, 2.05) is 30.3 Å². The lowest BCUT2D eigenvalue weighted by Crippen LogP contribution is -2.40. The number of anilines is 1. The molecule has 2 N–H and O–H groups in total. The molecule has 4 aromatic rings. The molecular formula is C28H22BrN3O4S. The number of nitrogens with zero attached hydrogens (tertiary/aromatic N) is 2. The summed E-state index contributed by atoms with van der Waals surface area (Å²) in [5, 5.41) is 12.8. The van der Waals surface area contributed by atoms with Crippen molar-refractivity contribution in [3.63, 3.8) is 0 Å². The SMILES string of the molecule is COc1ccc([C@@H]2C(C(=O)Nc3ccccc3)=C(C)N=c3s/c(=C/c4ccc(O)c(Br)c4)c(=O)n32)cc1. The molecule has 186 valence electrons. The summed E-state index contributed by atoms with van der Waals surface area (Å²) in [6.07, 6.45) is 1.75. The van der Waals surface area contributed by atoms with E-state index in [4.69, 9.17) is 4.74 Å². The number of fused-ring (bicyclic) bond motifs is 1. The number of phenols is 1. The largest absolute Gasteiger partial charge is 0.507 e. The van der Waals surface area contributed by atoms with Gasteiger partial charge in [-0.3, -0.25) is 14.2 Å². The molecule has 9 heteroatoms. The molecule has 0 spiro atoms. The smallest absolute Gasteiger partial charge is 0.271 e. The maximum atomic E-state index is 13.8. The molecule has 0 radical (unpaired) electrons. The van der Waals surface area contributed by atoms with E-state index in [1.54, 1.807) is 67.1 Å². The van der Waals surface area contributed by atoms with Crippen LogP contribution in [0.4, 0.5) is 5.69 Å². The predicted molar refractivity (Wildman–Crippen MR) is 148 cm³/mol. The Kier molecular flexibility index (Phi) is 6.82. The van der Waals surface area contributed by atoms with Crippen LogP contribution in [0.15, 0.2) is 98.3 Å². The third-order valence-electron chi connectivity index (χ3n) is 6.00. The number of hydrogen-bond acceptors (Lipinski definition) is 6. The molecule has 0 saturated carbocycles. The van der Waals surface area contributed by atoms with Gasteiger partial charge >= 0.3 is 0 Å². The maximum Gasteiger partial charge on any atom is 0.271 e. The molecule has 7 nitrogen and oxygen atoms in total. The van der Waals surface area contributed by atoms with Gasteiger partial charge in [-0.2, -0.15) is 0 Å². The monoisotopic (exact) mass is 575 g/mol. The lowest BCUT2D eigenvalue weighted by molar-refractivity contribution is -0.113. The molecule has 0 saturated heterocycles. The number of aromatic hydroxyl groups is 1. The molecule has 37 heavy (non-hydrogen) atoms. The van der Waals surface area contributed by atoms with Crippen LogP contribution in [0.25, 0.3) is 6.08 Å². The highest BCUT2D eigenvalue weighted by Gasteiger charge is 2.32. The van der Waals surface area contributed by atoms with Gasteiger partial charge in [0.15, 0.2) is 4.80 Å². The predicted octanol–water partition coefficient (Wildman–Crippen LogP) is 4.35. The Balaban J connectivity index is 1.67. The van der Waals surface area contributed by atoms with Crippen LogP contribution < -0.4 is 24.9 Å². The van der Waals surface area contributed by atoms with E-state index in [2.05, 4.69) is 26.2 Å². The number of amides is 1. The first kappa shape index (κ1) is 24.7. The average Bonchev–Trinajstić information content (AvgIpc) is 3.20. The van der Waals surface area contributed by atoms with Gasteiger partial charge < -0.3 is 15.2 Å². The third-order valence-corrected chi connectivity index (χ3v) is 7.62. The highest BCUT2D eigenvalue weighted by molar-refractivity contribution is 9.10. The summed E-state index contributed by atoms with van der Waals surface area (Å²) < 4.78 is 7.87. The Labute approximate surface area is 224 Å². The van der Waals surface area contributed by atoms with Crippen LogP contribution in [-0.2, 0) is 4.79 Å². The van der Waals surface area contributed by atoms with Crippen molar-refractivity contribution in [2.24, 2.45) is 4.99 Å². The Morgan fingerprint density at radius 2 is 1.86 bits per heavy atom. The van der Waals surface area contributed by atoms with Crippen LogP contribution in [0.1, 0.15) is 24.1 Å². The summed E-state index contributed by atoms with van der Waals surface area (Å²) >= 11 is 4.57. The molecule has 1 aromatic heterocycles. The zero-order chi connectivity index (χ0) is 26.1. The topological polar surface area (TPSA) is 92.9 Å². The second-order valence-electron chi connectivity index (χ2n) is 8.39. The minimum Gasteiger partial charge on any atom is -0.507 e. The van der Waals surface area contributed by atoms with Crippen LogP contribution in [0, 0.1) is 0 Å². The molecule has 0 aliphatic carbocycles. The van der Waals surface area contributed by atoms with E-state index in [9.17, 15) is 14.7 Å². The first-order valence-electron chi connectivity index (χ1n) is 11.4. The molecule has 5 rings (SSSR count). The summed E-state index contributed by atoms with van der Waals surface area (Å²) in [6.45, 7) is 1.78. The van der Waals surface area contributed by atoms with E-state index in [1.165, 1.54) is 11.3 Å². The number of methoxy groups -OCH3 is 1. The first-order chi connectivity index (χ1) is 17.9. The van der Waals surface area contributed by atoms with Crippen LogP contribution in [-0.4, -0.2) is 22.7 Å². The first-order valence-corrected chi connectivity index (χ1v) is 13.0. The van der Waals surface area contributed by atoms with Crippen LogP contribution in [0.2, 0.25) is 0 Å². The second kappa shape index (κ2) is 10.2. The summed E-state index contributed by atoms with van der Waals surface area (Å²) in [7, 11) is 1.59. The Bertz CT molecular complexity index is 1710. The van der Waals surface area contributed by atoms with Gasteiger partial charge in [-0.25, -0.2) is 4.99 Å². The van der Waals surface area contributed by atoms with Gasteiger partial charge in [-0.05, 0) is 76.5 Å². The average molecular weight is 576 g/mol. The van der Waals surface area contributed by atoms with Gasteiger partial charge in [0.2, 0.25) is 0 Å². The molecule has 3 aromatic carbocycles. The fraction of sp³-hybridized carbons (Fsp3) is 0.107. The standard InChI is InChI=1S/C28H22BrN3O4S/c1-16-24(26(34)31-19-6-4-3-5-7-19)25(18-9-11-20(36-2)12-10-18)32-27(35)23(37-28(32)30-16)15-17-8-13-22(33)21(29)14-17/h3-15,25,33H,1-2H3,(H,31,34)/b23-15+/t25-/m1/s1. The van der Waals surface area contributed by atoms with Gasteiger partial charge in [0, 0.05) is 5.69 Å². The lowest BCUT2D eigenvalue weighted by Gasteiger charge is -2.25. The summed E-state index contributed by atoms with van der Waals surface area (Å²) in [5.74, 6) is 0.456. The number of ether oxygens (including phenoxy) is 1. The summed E-state index contributed by atoms with van der Waals surface area (Å²) in [6, 6.07) is 20.8. The molecular weight excluding hydrogens is 554 g/mol. The number of nitrogens with one attached hydrogen (secondary N) is 1. The van der Waals surface area contributed by atoms with E-state index in [0.29, 0.717) is 36.5 Å². The van der Waals surface area contributed by atoms with Crippen molar-refractivity contribution in [2.45, 2.75) is 13.0 Å². The van der Waals surface area contributed by atoms with E-state index in [0.717, 1.165) is 11.1 Å². The number of benzene rings is 3. The lowest BCUT2D eigenvalue weighted by atomic mass is 9.95. The van der Waals surface area contributed by atoms with Crippen molar-refractivity contribution in [1.29, 1.82) is 0 Å². The molecule has 1 amide bonds. The maximum absolute atomic E-state index is 13.8. The highest BCUT2D eigenvalue weighted by atomic mass is 79.9. The number of phenolic OH excluding ortho intramolecular Hbond substituents is 1. The second-order valence-corrected chi connectivity index (χ2v) is 10.2. The number of allylic oxidation sites excluding steroid dienone is 1. The summed E-state index contributed by atoms with van der Waals surface area (Å²) in [4.78, 5) is 32.5. The quantitative estimate of drug-likeness (QED) is 0.370. The third kappa shape index (κ3) is 4.87. The van der Waals surface area contributed by atoms with Gasteiger partial charge in [0.05, 0.1) is 33.4 Å². The van der Waals surface area contributed by atoms with Crippen LogP contribution in [0.3, 0.4) is 0 Å². The molecule has 1 aliphatic rings. The fourth-order valence-electron chi connectivity index (χ4n) is 4.20. The Morgan fingerprint density at radius 3 is 2.54 bits per heavy atom. The van der Waals surface area contributed by atoms with Gasteiger partial charge in [0.1, 0.15) is 11.5 Å². The van der Waals surface area contributed by atoms with E-state index < -0.39 is 6.04 Å². The van der Waals surface area contributed by atoms with Crippen molar-refractivity contribution in [3.8, 4) is 11.5 Å². The Hall–Kier alpha value is -3.95. The van der Waals surface area contributed by atoms with Crippen molar-refractivity contribution in [2.75, 3.05) is 12.4 Å². The van der Waals surface area contributed by atoms with Crippen molar-refractivity contribution in [1.82, 2.24) is 4.57 Å². The number of thiazole rings is 1. The number of carbonyl (C=O) groups excluding carboxylic acids is 1. The Morgan fingerprint density at radius 1 is 1.14 bits per heavy atom. The fourth-order valence-corrected chi connectivity index (χ4v) is 5.64. The number of aromatic nitrogens is 1. The minimum absolute atomic E-state index is 0.114.